The van der Waals surface area contributed by atoms with Crippen LogP contribution in [0.3, 0.4) is 0 Å². The van der Waals surface area contributed by atoms with E-state index in [0.29, 0.717) is 28.7 Å². The molecular formula is C27H32O2S2. The van der Waals surface area contributed by atoms with Gasteiger partial charge in [-0.25, -0.2) is 0 Å². The molecule has 0 saturated carbocycles. The standard InChI is InChI=1S/C27H32O2S2/c1-4-7-9-17-30-22-14-11-13-20-23(22)25(28)21-16-15-19(12-6-3)27(24(21)26(20)29)31-18-10-8-5-2/h6,11,13-16H,3-5,7-10,12,17-18H2,1-2H3. The molecule has 0 fully saturated rings. The van der Waals surface area contributed by atoms with Crippen molar-refractivity contribution < 1.29 is 9.59 Å². The van der Waals surface area contributed by atoms with Gasteiger partial charge in [-0.15, -0.1) is 30.1 Å². The maximum absolute atomic E-state index is 13.6. The van der Waals surface area contributed by atoms with Crippen molar-refractivity contribution in [2.75, 3.05) is 11.5 Å². The molecule has 0 spiro atoms. The third-order valence-electron chi connectivity index (χ3n) is 5.57. The van der Waals surface area contributed by atoms with Gasteiger partial charge in [-0.05, 0) is 48.5 Å². The van der Waals surface area contributed by atoms with Crippen molar-refractivity contribution in [2.24, 2.45) is 0 Å². The molecule has 2 nitrogen and oxygen atoms in total. The summed E-state index contributed by atoms with van der Waals surface area (Å²) in [7, 11) is 0. The van der Waals surface area contributed by atoms with E-state index in [9.17, 15) is 9.59 Å². The van der Waals surface area contributed by atoms with Gasteiger partial charge in [0.1, 0.15) is 0 Å². The van der Waals surface area contributed by atoms with Crippen LogP contribution in [0.25, 0.3) is 0 Å². The molecule has 0 unspecified atom stereocenters. The average Bonchev–Trinajstić information content (AvgIpc) is 2.78. The molecule has 0 bridgehead atoms. The Morgan fingerprint density at radius 1 is 0.806 bits per heavy atom. The lowest BCUT2D eigenvalue weighted by Crippen LogP contribution is -2.23. The molecule has 0 atom stereocenters. The SMILES string of the molecule is C=CCc1ccc2c(c1SCCCCC)C(=O)c1cccc(SCCCCC)c1C2=O. The number of rotatable bonds is 12. The van der Waals surface area contributed by atoms with Crippen LogP contribution in [-0.2, 0) is 6.42 Å². The second-order valence-corrected chi connectivity index (χ2v) is 10.2. The maximum Gasteiger partial charge on any atom is 0.195 e. The molecule has 0 heterocycles. The highest BCUT2D eigenvalue weighted by atomic mass is 32.2. The number of benzene rings is 2. The van der Waals surface area contributed by atoms with Crippen LogP contribution in [0.15, 0.2) is 52.8 Å². The van der Waals surface area contributed by atoms with Crippen molar-refractivity contribution in [3.63, 3.8) is 0 Å². The fourth-order valence-corrected chi connectivity index (χ4v) is 6.25. The molecule has 3 rings (SSSR count). The minimum absolute atomic E-state index is 0.00971. The summed E-state index contributed by atoms with van der Waals surface area (Å²) in [5.74, 6) is 1.90. The number of allylic oxidation sites excluding steroid dienone is 1. The molecular weight excluding hydrogens is 420 g/mol. The molecule has 0 amide bonds. The van der Waals surface area contributed by atoms with E-state index in [1.807, 2.05) is 36.4 Å². The molecule has 0 N–H and O–H groups in total. The molecule has 0 aliphatic heterocycles. The van der Waals surface area contributed by atoms with Crippen LogP contribution in [0.5, 0.6) is 0 Å². The molecule has 4 heteroatoms. The van der Waals surface area contributed by atoms with Gasteiger partial charge in [0.25, 0.3) is 0 Å². The third-order valence-corrected chi connectivity index (χ3v) is 7.96. The summed E-state index contributed by atoms with van der Waals surface area (Å²) in [6.45, 7) is 8.25. The first-order valence-electron chi connectivity index (χ1n) is 11.4. The second-order valence-electron chi connectivity index (χ2n) is 7.92. The Hall–Kier alpha value is -1.78. The molecule has 2 aromatic carbocycles. The predicted molar refractivity (Wildman–Crippen MR) is 134 cm³/mol. The monoisotopic (exact) mass is 452 g/mol. The summed E-state index contributed by atoms with van der Waals surface area (Å²) >= 11 is 3.42. The van der Waals surface area contributed by atoms with E-state index in [2.05, 4.69) is 20.4 Å². The smallest absolute Gasteiger partial charge is 0.195 e. The lowest BCUT2D eigenvalue weighted by atomic mass is 9.83. The van der Waals surface area contributed by atoms with Gasteiger partial charge in [-0.3, -0.25) is 9.59 Å². The van der Waals surface area contributed by atoms with E-state index < -0.39 is 0 Å². The average molecular weight is 453 g/mol. The molecule has 1 aliphatic carbocycles. The quantitative estimate of drug-likeness (QED) is 0.160. The number of hydrogen-bond donors (Lipinski definition) is 0. The summed E-state index contributed by atoms with van der Waals surface area (Å²) in [5.41, 5.74) is 3.41. The van der Waals surface area contributed by atoms with Gasteiger partial charge >= 0.3 is 0 Å². The van der Waals surface area contributed by atoms with Crippen molar-refractivity contribution in [1.82, 2.24) is 0 Å². The minimum Gasteiger partial charge on any atom is -0.289 e. The largest absolute Gasteiger partial charge is 0.289 e. The minimum atomic E-state index is -0.0104. The van der Waals surface area contributed by atoms with E-state index in [1.54, 1.807) is 23.5 Å². The Morgan fingerprint density at radius 2 is 1.45 bits per heavy atom. The highest BCUT2D eigenvalue weighted by Gasteiger charge is 2.34. The fraction of sp³-hybridized carbons (Fsp3) is 0.407. The third kappa shape index (κ3) is 5.35. The van der Waals surface area contributed by atoms with Gasteiger partial charge in [-0.1, -0.05) is 63.8 Å². The van der Waals surface area contributed by atoms with Gasteiger partial charge in [0, 0.05) is 32.0 Å². The predicted octanol–water partition coefficient (Wildman–Crippen LogP) is 7.76. The van der Waals surface area contributed by atoms with Gasteiger partial charge in [0.05, 0.1) is 0 Å². The number of carbonyl (C=O) groups excluding carboxylic acids is 2. The Bertz CT molecular complexity index is 962. The van der Waals surface area contributed by atoms with E-state index in [1.165, 1.54) is 19.3 Å². The van der Waals surface area contributed by atoms with E-state index in [-0.39, 0.29) is 11.6 Å². The zero-order valence-corrected chi connectivity index (χ0v) is 20.3. The number of carbonyl (C=O) groups is 2. The van der Waals surface area contributed by atoms with Crippen molar-refractivity contribution in [2.45, 2.75) is 68.6 Å². The molecule has 164 valence electrons. The van der Waals surface area contributed by atoms with Crippen LogP contribution in [0, 0.1) is 0 Å². The number of hydrogen-bond acceptors (Lipinski definition) is 4. The van der Waals surface area contributed by atoms with Gasteiger partial charge in [-0.2, -0.15) is 0 Å². The lowest BCUT2D eigenvalue weighted by molar-refractivity contribution is 0.0974. The van der Waals surface area contributed by atoms with E-state index >= 15 is 0 Å². The first kappa shape index (κ1) is 23.9. The van der Waals surface area contributed by atoms with Crippen LogP contribution in [0.1, 0.15) is 89.8 Å². The molecule has 31 heavy (non-hydrogen) atoms. The van der Waals surface area contributed by atoms with E-state index in [4.69, 9.17) is 0 Å². The van der Waals surface area contributed by atoms with Crippen LogP contribution < -0.4 is 0 Å². The molecule has 0 radical (unpaired) electrons. The Labute approximate surface area is 195 Å². The Kier molecular flexibility index (Phi) is 9.03. The van der Waals surface area contributed by atoms with Crippen molar-refractivity contribution in [1.29, 1.82) is 0 Å². The normalized spacial score (nSPS) is 12.6. The summed E-state index contributed by atoms with van der Waals surface area (Å²) in [6, 6.07) is 9.58. The first-order chi connectivity index (χ1) is 15.1. The summed E-state index contributed by atoms with van der Waals surface area (Å²) in [6.07, 6.45) is 9.48. The summed E-state index contributed by atoms with van der Waals surface area (Å²) in [4.78, 5) is 29.1. The number of unbranched alkanes of at least 4 members (excludes halogenated alkanes) is 4. The highest BCUT2D eigenvalue weighted by molar-refractivity contribution is 7.99. The van der Waals surface area contributed by atoms with Crippen LogP contribution >= 0.6 is 23.5 Å². The van der Waals surface area contributed by atoms with Gasteiger partial charge in [0.15, 0.2) is 11.6 Å². The number of thioether (sulfide) groups is 2. The van der Waals surface area contributed by atoms with Crippen molar-refractivity contribution in [3.8, 4) is 0 Å². The number of ketones is 2. The molecule has 2 aromatic rings. The lowest BCUT2D eigenvalue weighted by Gasteiger charge is -2.23. The molecule has 0 aromatic heterocycles. The zero-order valence-electron chi connectivity index (χ0n) is 18.7. The van der Waals surface area contributed by atoms with Gasteiger partial charge < -0.3 is 0 Å². The summed E-state index contributed by atoms with van der Waals surface area (Å²) < 4.78 is 0. The Balaban J connectivity index is 2.00. The fourth-order valence-electron chi connectivity index (χ4n) is 3.93. The summed E-state index contributed by atoms with van der Waals surface area (Å²) in [5, 5.41) is 0. The van der Waals surface area contributed by atoms with E-state index in [0.717, 1.165) is 46.1 Å². The highest BCUT2D eigenvalue weighted by Crippen LogP contribution is 2.40. The van der Waals surface area contributed by atoms with Crippen LogP contribution in [-0.4, -0.2) is 23.1 Å². The van der Waals surface area contributed by atoms with Crippen molar-refractivity contribution >= 4 is 35.1 Å². The molecule has 1 aliphatic rings. The van der Waals surface area contributed by atoms with Gasteiger partial charge in [0.2, 0.25) is 0 Å². The Morgan fingerprint density at radius 3 is 2.13 bits per heavy atom. The van der Waals surface area contributed by atoms with Crippen molar-refractivity contribution in [3.05, 3.63) is 70.8 Å². The number of fused-ring (bicyclic) bond motifs is 2. The second kappa shape index (κ2) is 11.7. The van der Waals surface area contributed by atoms with Crippen LogP contribution in [0.2, 0.25) is 0 Å². The first-order valence-corrected chi connectivity index (χ1v) is 13.4. The van der Waals surface area contributed by atoms with Crippen LogP contribution in [0.4, 0.5) is 0 Å². The molecule has 0 saturated heterocycles. The maximum atomic E-state index is 13.6. The topological polar surface area (TPSA) is 34.1 Å². The zero-order chi connectivity index (χ0) is 22.2.